The summed E-state index contributed by atoms with van der Waals surface area (Å²) in [6, 6.07) is 1.96. The van der Waals surface area contributed by atoms with Crippen molar-refractivity contribution in [2.45, 2.75) is 78.4 Å². The summed E-state index contributed by atoms with van der Waals surface area (Å²) in [5.41, 5.74) is 0. The van der Waals surface area contributed by atoms with E-state index >= 15 is 0 Å². The van der Waals surface area contributed by atoms with Crippen molar-refractivity contribution >= 4 is 29.9 Å². The molecule has 1 unspecified atom stereocenters. The van der Waals surface area contributed by atoms with Crippen molar-refractivity contribution in [2.24, 2.45) is 4.99 Å². The highest BCUT2D eigenvalue weighted by molar-refractivity contribution is 14.0. The van der Waals surface area contributed by atoms with Gasteiger partial charge in [0.2, 0.25) is 0 Å². The summed E-state index contributed by atoms with van der Waals surface area (Å²) in [6.07, 6.45) is 5.19. The minimum Gasteiger partial charge on any atom is -0.357 e. The zero-order chi connectivity index (χ0) is 18.2. The Hall–Kier alpha value is -0.0800. The van der Waals surface area contributed by atoms with Crippen LogP contribution in [-0.4, -0.2) is 84.6 Å². The second-order valence-corrected chi connectivity index (χ2v) is 8.15. The highest BCUT2D eigenvalue weighted by Gasteiger charge is 2.30. The number of hydrogen-bond acceptors (Lipinski definition) is 3. The average Bonchev–Trinajstić information content (AvgIpc) is 3.23. The molecule has 154 valence electrons. The molecule has 1 N–H and O–H groups in total. The lowest BCUT2D eigenvalue weighted by Crippen LogP contribution is -2.43. The van der Waals surface area contributed by atoms with E-state index in [1.807, 2.05) is 0 Å². The minimum absolute atomic E-state index is 0. The summed E-state index contributed by atoms with van der Waals surface area (Å²) in [5, 5.41) is 3.51. The molecule has 0 aliphatic carbocycles. The SMILES string of the molecule is CCNC(=NCCCN(C(C)C)C(C)C)N1CCC(N2CCCC2)C1.I. The third-order valence-corrected chi connectivity index (χ3v) is 5.62. The number of aliphatic imine (C=N–C) groups is 1. The highest BCUT2D eigenvalue weighted by atomic mass is 127. The molecular weight excluding hydrogens is 437 g/mol. The van der Waals surface area contributed by atoms with Gasteiger partial charge in [0.15, 0.2) is 5.96 Å². The van der Waals surface area contributed by atoms with Gasteiger partial charge < -0.3 is 10.2 Å². The van der Waals surface area contributed by atoms with Crippen molar-refractivity contribution in [3.05, 3.63) is 0 Å². The largest absolute Gasteiger partial charge is 0.357 e. The highest BCUT2D eigenvalue weighted by Crippen LogP contribution is 2.20. The molecule has 0 aromatic rings. The van der Waals surface area contributed by atoms with E-state index in [9.17, 15) is 0 Å². The lowest BCUT2D eigenvalue weighted by atomic mass is 10.2. The fourth-order valence-electron chi connectivity index (χ4n) is 4.32. The third kappa shape index (κ3) is 7.15. The van der Waals surface area contributed by atoms with Gasteiger partial charge in [-0.05, 0) is 73.4 Å². The van der Waals surface area contributed by atoms with Crippen LogP contribution in [0.25, 0.3) is 0 Å². The summed E-state index contributed by atoms with van der Waals surface area (Å²) < 4.78 is 0. The summed E-state index contributed by atoms with van der Waals surface area (Å²) in [5.74, 6) is 1.13. The van der Waals surface area contributed by atoms with Gasteiger partial charge in [-0.25, -0.2) is 0 Å². The number of guanidine groups is 1. The van der Waals surface area contributed by atoms with Crippen molar-refractivity contribution in [2.75, 3.05) is 45.8 Å². The topological polar surface area (TPSA) is 34.1 Å². The standard InChI is InChI=1S/C20H41N5.HI/c1-6-21-20(22-11-9-14-25(17(2)3)18(4)5)24-15-10-19(16-24)23-12-7-8-13-23;/h17-19H,6-16H2,1-5H3,(H,21,22);1H. The molecule has 0 aromatic heterocycles. The van der Waals surface area contributed by atoms with E-state index in [4.69, 9.17) is 4.99 Å². The summed E-state index contributed by atoms with van der Waals surface area (Å²) in [6.45, 7) is 19.2. The molecule has 2 heterocycles. The maximum absolute atomic E-state index is 4.93. The van der Waals surface area contributed by atoms with Crippen LogP contribution in [0.4, 0.5) is 0 Å². The second-order valence-electron chi connectivity index (χ2n) is 8.15. The Morgan fingerprint density at radius 3 is 2.35 bits per heavy atom. The summed E-state index contributed by atoms with van der Waals surface area (Å²) in [7, 11) is 0. The fraction of sp³-hybridized carbons (Fsp3) is 0.950. The first-order valence-electron chi connectivity index (χ1n) is 10.6. The molecule has 2 aliphatic heterocycles. The van der Waals surface area contributed by atoms with Gasteiger partial charge in [0.1, 0.15) is 0 Å². The second kappa shape index (κ2) is 12.4. The van der Waals surface area contributed by atoms with E-state index in [1.54, 1.807) is 0 Å². The Labute approximate surface area is 179 Å². The number of halogens is 1. The third-order valence-electron chi connectivity index (χ3n) is 5.62. The Bertz CT molecular complexity index is 399. The van der Waals surface area contributed by atoms with E-state index in [-0.39, 0.29) is 24.0 Å². The monoisotopic (exact) mass is 479 g/mol. The molecule has 0 amide bonds. The molecule has 5 nitrogen and oxygen atoms in total. The van der Waals surface area contributed by atoms with Crippen LogP contribution < -0.4 is 5.32 Å². The Kier molecular flexibility index (Phi) is 11.4. The van der Waals surface area contributed by atoms with Crippen LogP contribution in [0.5, 0.6) is 0 Å². The van der Waals surface area contributed by atoms with Crippen LogP contribution in [0.3, 0.4) is 0 Å². The number of hydrogen-bond donors (Lipinski definition) is 1. The molecule has 2 saturated heterocycles. The molecule has 2 aliphatic rings. The molecule has 6 heteroatoms. The molecule has 2 rings (SSSR count). The Morgan fingerprint density at radius 2 is 1.77 bits per heavy atom. The van der Waals surface area contributed by atoms with Crippen molar-refractivity contribution in [3.63, 3.8) is 0 Å². The van der Waals surface area contributed by atoms with Crippen LogP contribution in [0, 0.1) is 0 Å². The van der Waals surface area contributed by atoms with Gasteiger partial charge in [0.05, 0.1) is 0 Å². The Morgan fingerprint density at radius 1 is 1.12 bits per heavy atom. The number of nitrogens with zero attached hydrogens (tertiary/aromatic N) is 4. The number of nitrogens with one attached hydrogen (secondary N) is 1. The maximum Gasteiger partial charge on any atom is 0.193 e. The van der Waals surface area contributed by atoms with Crippen molar-refractivity contribution in [1.82, 2.24) is 20.0 Å². The van der Waals surface area contributed by atoms with Crippen LogP contribution in [0.1, 0.15) is 60.3 Å². The lowest BCUT2D eigenvalue weighted by Gasteiger charge is -2.30. The van der Waals surface area contributed by atoms with E-state index in [2.05, 4.69) is 54.6 Å². The zero-order valence-corrected chi connectivity index (χ0v) is 20.0. The average molecular weight is 479 g/mol. The molecule has 26 heavy (non-hydrogen) atoms. The first kappa shape index (κ1) is 24.0. The lowest BCUT2D eigenvalue weighted by molar-refractivity contribution is 0.174. The van der Waals surface area contributed by atoms with Gasteiger partial charge in [0.25, 0.3) is 0 Å². The minimum atomic E-state index is 0. The molecule has 0 saturated carbocycles. The van der Waals surface area contributed by atoms with E-state index in [1.165, 1.54) is 32.4 Å². The fourth-order valence-corrected chi connectivity index (χ4v) is 4.32. The van der Waals surface area contributed by atoms with E-state index in [0.29, 0.717) is 12.1 Å². The number of likely N-dealkylation sites (tertiary alicyclic amines) is 2. The van der Waals surface area contributed by atoms with E-state index < -0.39 is 0 Å². The van der Waals surface area contributed by atoms with Gasteiger partial charge >= 0.3 is 0 Å². The van der Waals surface area contributed by atoms with Crippen LogP contribution in [0.15, 0.2) is 4.99 Å². The van der Waals surface area contributed by atoms with Crippen molar-refractivity contribution in [1.29, 1.82) is 0 Å². The number of rotatable bonds is 8. The molecule has 0 aromatic carbocycles. The molecule has 0 bridgehead atoms. The van der Waals surface area contributed by atoms with Gasteiger partial charge in [-0.15, -0.1) is 24.0 Å². The smallest absolute Gasteiger partial charge is 0.193 e. The molecule has 0 spiro atoms. The molecule has 0 radical (unpaired) electrons. The predicted molar refractivity (Wildman–Crippen MR) is 124 cm³/mol. The maximum atomic E-state index is 4.93. The van der Waals surface area contributed by atoms with Gasteiger partial charge in [-0.3, -0.25) is 14.8 Å². The molecular formula is C20H42IN5. The first-order valence-corrected chi connectivity index (χ1v) is 10.6. The normalized spacial score (nSPS) is 21.9. The van der Waals surface area contributed by atoms with E-state index in [0.717, 1.165) is 51.1 Å². The first-order chi connectivity index (χ1) is 12.0. The zero-order valence-electron chi connectivity index (χ0n) is 17.7. The summed E-state index contributed by atoms with van der Waals surface area (Å²) >= 11 is 0. The molecule has 2 fully saturated rings. The summed E-state index contributed by atoms with van der Waals surface area (Å²) in [4.78, 5) is 12.7. The Balaban J connectivity index is 0.00000338. The quantitative estimate of drug-likeness (QED) is 0.251. The van der Waals surface area contributed by atoms with Crippen molar-refractivity contribution < 1.29 is 0 Å². The van der Waals surface area contributed by atoms with Crippen LogP contribution in [-0.2, 0) is 0 Å². The van der Waals surface area contributed by atoms with Gasteiger partial charge in [-0.2, -0.15) is 0 Å². The predicted octanol–water partition coefficient (Wildman–Crippen LogP) is 3.25. The van der Waals surface area contributed by atoms with Crippen molar-refractivity contribution in [3.8, 4) is 0 Å². The van der Waals surface area contributed by atoms with Gasteiger partial charge in [-0.1, -0.05) is 0 Å². The van der Waals surface area contributed by atoms with Crippen LogP contribution >= 0.6 is 24.0 Å². The molecule has 1 atom stereocenters. The van der Waals surface area contributed by atoms with Gasteiger partial charge in [0, 0.05) is 50.8 Å². The van der Waals surface area contributed by atoms with Crippen LogP contribution in [0.2, 0.25) is 0 Å².